The van der Waals surface area contributed by atoms with Gasteiger partial charge in [-0.1, -0.05) is 90.0 Å². The Morgan fingerprint density at radius 1 is 0.857 bits per heavy atom. The van der Waals surface area contributed by atoms with Gasteiger partial charge in [0.25, 0.3) is 11.8 Å². The van der Waals surface area contributed by atoms with E-state index in [9.17, 15) is 43.2 Å². The Hall–Kier alpha value is -5.92. The number of unbranched alkanes of at least 4 members (excludes halogenated alkanes) is 13. The van der Waals surface area contributed by atoms with Crippen LogP contribution < -0.4 is 21.1 Å². The summed E-state index contributed by atoms with van der Waals surface area (Å²) in [6.45, 7) is 6.92. The second kappa shape index (κ2) is 32.1. The fraction of sp³-hybridized carbons (Fsp3) is 0.680. The number of ether oxygens (including phenoxy) is 3. The summed E-state index contributed by atoms with van der Waals surface area (Å²) < 4.78 is 16.7. The van der Waals surface area contributed by atoms with E-state index in [1.165, 1.54) is 104 Å². The summed E-state index contributed by atoms with van der Waals surface area (Å²) in [5, 5.41) is 7.28. The molecule has 1 aromatic rings. The molecule has 4 N–H and O–H groups in total. The van der Waals surface area contributed by atoms with Crippen molar-refractivity contribution in [3.8, 4) is 5.75 Å². The van der Waals surface area contributed by atoms with E-state index >= 15 is 0 Å². The van der Waals surface area contributed by atoms with Crippen LogP contribution in [0.25, 0.3) is 0 Å². The predicted molar refractivity (Wildman–Crippen MR) is 256 cm³/mol. The van der Waals surface area contributed by atoms with Crippen LogP contribution in [0.4, 0.5) is 0 Å². The van der Waals surface area contributed by atoms with Crippen LogP contribution in [0.3, 0.4) is 0 Å². The number of ketones is 1. The Bertz CT molecular complexity index is 1960. The molecule has 0 radical (unpaired) electrons. The zero-order valence-electron chi connectivity index (χ0n) is 41.9. The number of hydrogen-bond acceptors (Lipinski definition) is 16. The van der Waals surface area contributed by atoms with Gasteiger partial charge >= 0.3 is 23.9 Å². The lowest BCUT2D eigenvalue weighted by Gasteiger charge is -2.24. The fourth-order valence-electron chi connectivity index (χ4n) is 8.03. The molecule has 3 rings (SSSR count). The van der Waals surface area contributed by atoms with Gasteiger partial charge in [-0.25, -0.2) is 9.79 Å². The van der Waals surface area contributed by atoms with Gasteiger partial charge in [-0.15, -0.1) is 0 Å². The van der Waals surface area contributed by atoms with Gasteiger partial charge in [0.15, 0.2) is 11.8 Å². The number of amides is 4. The number of esters is 2. The molecule has 2 heterocycles. The maximum absolute atomic E-state index is 13.8. The molecular formula is C50H76N6O14. The third kappa shape index (κ3) is 21.8. The van der Waals surface area contributed by atoms with Crippen molar-refractivity contribution in [1.29, 1.82) is 0 Å². The summed E-state index contributed by atoms with van der Waals surface area (Å²) in [7, 11) is 0. The van der Waals surface area contributed by atoms with Crippen LogP contribution in [0.1, 0.15) is 185 Å². The van der Waals surface area contributed by atoms with E-state index in [1.54, 1.807) is 0 Å². The van der Waals surface area contributed by atoms with Gasteiger partial charge in [-0.2, -0.15) is 10.1 Å². The first-order chi connectivity index (χ1) is 33.5. The fourth-order valence-corrected chi connectivity index (χ4v) is 8.03. The average molecular weight is 985 g/mol. The summed E-state index contributed by atoms with van der Waals surface area (Å²) in [5.41, 5.74) is 5.88. The van der Waals surface area contributed by atoms with Crippen molar-refractivity contribution in [3.63, 3.8) is 0 Å². The van der Waals surface area contributed by atoms with Crippen LogP contribution >= 0.6 is 0 Å². The van der Waals surface area contributed by atoms with Crippen molar-refractivity contribution in [1.82, 2.24) is 20.8 Å². The number of benzene rings is 1. The van der Waals surface area contributed by atoms with Gasteiger partial charge in [0.2, 0.25) is 17.7 Å². The molecular weight excluding hydrogens is 909 g/mol. The Kier molecular flexibility index (Phi) is 26.7. The standard InChI is InChI=1S/C50H76N6O14/c1-6-7-8-9-10-11-12-13-14-15-16-17-18-25-46(62)55(69-36(4)58)28-21-20-24-41(50(65)67-34(2)30-45(61)52-40-23-19-22-29-56(49(40)64)70-37(5)59)53-47(63)42-33-66-48(54-42)39-27-26-38(43(60)32-51)31-44(39)68-35(3)57/h26-27,31,34,40-42H,6-25,28-30,32-33,51H2,1-5H3,(H,52,61)(H,53,63)/t34-,40+,41+,42+/m1/s1. The number of nitrogens with one attached hydrogen (secondary N) is 2. The first-order valence-corrected chi connectivity index (χ1v) is 25.1. The molecule has 390 valence electrons. The largest absolute Gasteiger partial charge is 0.475 e. The molecule has 0 aromatic heterocycles. The summed E-state index contributed by atoms with van der Waals surface area (Å²) >= 11 is 0. The van der Waals surface area contributed by atoms with Gasteiger partial charge < -0.3 is 40.3 Å². The minimum Gasteiger partial charge on any atom is -0.475 e. The third-order valence-corrected chi connectivity index (χ3v) is 11.7. The van der Waals surface area contributed by atoms with Crippen molar-refractivity contribution in [2.24, 2.45) is 10.7 Å². The van der Waals surface area contributed by atoms with Crippen LogP contribution in [0.2, 0.25) is 0 Å². The number of carbonyl (C=O) groups is 9. The van der Waals surface area contributed by atoms with Crippen LogP contribution in [0.15, 0.2) is 23.2 Å². The number of carbonyl (C=O) groups excluding carboxylic acids is 9. The smallest absolute Gasteiger partial charge is 0.329 e. The third-order valence-electron chi connectivity index (χ3n) is 11.7. The molecule has 0 bridgehead atoms. The van der Waals surface area contributed by atoms with E-state index in [-0.39, 0.29) is 87.0 Å². The number of nitrogens with zero attached hydrogens (tertiary/aromatic N) is 3. The van der Waals surface area contributed by atoms with E-state index < -0.39 is 71.6 Å². The molecule has 1 fully saturated rings. The van der Waals surface area contributed by atoms with Crippen LogP contribution in [-0.4, -0.2) is 120 Å². The summed E-state index contributed by atoms with van der Waals surface area (Å²) in [4.78, 5) is 129. The van der Waals surface area contributed by atoms with Gasteiger partial charge in [0.05, 0.1) is 31.6 Å². The van der Waals surface area contributed by atoms with E-state index in [1.807, 2.05) is 0 Å². The Morgan fingerprint density at radius 2 is 1.51 bits per heavy atom. The van der Waals surface area contributed by atoms with Crippen molar-refractivity contribution in [3.05, 3.63) is 29.3 Å². The molecule has 1 saturated heterocycles. The highest BCUT2D eigenvalue weighted by molar-refractivity contribution is 6.04. The first kappa shape index (κ1) is 58.4. The zero-order valence-corrected chi connectivity index (χ0v) is 41.9. The predicted octanol–water partition coefficient (Wildman–Crippen LogP) is 5.64. The van der Waals surface area contributed by atoms with E-state index in [4.69, 9.17) is 29.6 Å². The number of rotatable bonds is 31. The van der Waals surface area contributed by atoms with E-state index in [2.05, 4.69) is 22.5 Å². The molecule has 2 aliphatic heterocycles. The SMILES string of the molecule is CCCCCCCCCCCCCCCC(=O)N(CCCC[C@H](NC(=O)[C@@H]1COC(c2ccc(C(=O)CN)cc2OC(C)=O)=N1)C(=O)O[C@H](C)CC(=O)N[C@H]1CCCCN(OC(C)=O)C1=O)OC(C)=O. The van der Waals surface area contributed by atoms with Gasteiger partial charge in [-0.05, 0) is 64.0 Å². The summed E-state index contributed by atoms with van der Waals surface area (Å²) in [6.07, 6.45) is 15.9. The molecule has 70 heavy (non-hydrogen) atoms. The van der Waals surface area contributed by atoms with E-state index in [0.717, 1.165) is 29.4 Å². The van der Waals surface area contributed by atoms with Crippen molar-refractivity contribution in [2.75, 3.05) is 26.2 Å². The normalized spacial score (nSPS) is 16.4. The summed E-state index contributed by atoms with van der Waals surface area (Å²) in [5.74, 6) is -5.63. The lowest BCUT2D eigenvalue weighted by Crippen LogP contribution is -2.49. The maximum atomic E-state index is 13.8. The number of nitrogens with two attached hydrogens (primary N) is 1. The quantitative estimate of drug-likeness (QED) is 0.0267. The van der Waals surface area contributed by atoms with Gasteiger partial charge in [0, 0.05) is 32.8 Å². The Balaban J connectivity index is 1.65. The molecule has 4 amide bonds. The molecule has 20 heteroatoms. The highest BCUT2D eigenvalue weighted by Crippen LogP contribution is 2.26. The van der Waals surface area contributed by atoms with Crippen LogP contribution in [0.5, 0.6) is 5.75 Å². The minimum atomic E-state index is -1.28. The molecule has 4 atom stereocenters. The number of hydroxylamine groups is 4. The zero-order chi connectivity index (χ0) is 51.4. The van der Waals surface area contributed by atoms with Crippen molar-refractivity contribution in [2.45, 2.75) is 194 Å². The number of aliphatic imine (C=N–C) groups is 1. The number of hydrogen-bond donors (Lipinski definition) is 3. The molecule has 2 aliphatic rings. The lowest BCUT2D eigenvalue weighted by molar-refractivity contribution is -0.196. The van der Waals surface area contributed by atoms with Crippen LogP contribution in [0, 0.1) is 0 Å². The molecule has 20 nitrogen and oxygen atoms in total. The lowest BCUT2D eigenvalue weighted by atomic mass is 10.0. The second-order valence-corrected chi connectivity index (χ2v) is 17.9. The van der Waals surface area contributed by atoms with Crippen LogP contribution in [-0.2, 0) is 57.5 Å². The molecule has 0 aliphatic carbocycles. The van der Waals surface area contributed by atoms with Gasteiger partial charge in [-0.3, -0.25) is 38.4 Å². The second-order valence-electron chi connectivity index (χ2n) is 17.9. The van der Waals surface area contributed by atoms with Gasteiger partial charge in [0.1, 0.15) is 30.5 Å². The molecule has 0 spiro atoms. The maximum Gasteiger partial charge on any atom is 0.329 e. The topological polar surface area (TPSA) is 269 Å². The minimum absolute atomic E-state index is 0.00436. The summed E-state index contributed by atoms with van der Waals surface area (Å²) in [6, 6.07) is 0.804. The number of Topliss-reactive ketones (excluding diaryl/α,β-unsaturated/α-hetero) is 1. The molecule has 0 unspecified atom stereocenters. The monoisotopic (exact) mass is 985 g/mol. The highest BCUT2D eigenvalue weighted by Gasteiger charge is 2.34. The van der Waals surface area contributed by atoms with E-state index in [0.29, 0.717) is 25.7 Å². The molecule has 0 saturated carbocycles. The van der Waals surface area contributed by atoms with Crippen molar-refractivity contribution < 1.29 is 67.0 Å². The van der Waals surface area contributed by atoms with Crippen molar-refractivity contribution >= 4 is 59.2 Å². The Labute approximate surface area is 411 Å². The highest BCUT2D eigenvalue weighted by atomic mass is 16.7. The average Bonchev–Trinajstić information content (AvgIpc) is 3.74. The Morgan fingerprint density at radius 3 is 2.13 bits per heavy atom. The first-order valence-electron chi connectivity index (χ1n) is 25.1. The molecule has 1 aromatic carbocycles.